The Kier molecular flexibility index (Phi) is 3.29. The molecule has 6 nitrogen and oxygen atoms in total. The zero-order chi connectivity index (χ0) is 19.5. The maximum absolute atomic E-state index is 12.5. The number of carbonyl (C=O) groups excluding carboxylic acids is 1. The van der Waals surface area contributed by atoms with Gasteiger partial charge >= 0.3 is 0 Å². The molecule has 28 heavy (non-hydrogen) atoms. The molecular weight excluding hydrogens is 350 g/mol. The fourth-order valence-corrected chi connectivity index (χ4v) is 4.22. The Labute approximate surface area is 162 Å². The third-order valence-corrected chi connectivity index (χ3v) is 6.21. The normalized spacial score (nSPS) is 21.3. The lowest BCUT2D eigenvalue weighted by molar-refractivity contribution is -0.111. The van der Waals surface area contributed by atoms with Crippen LogP contribution in [-0.2, 0) is 17.3 Å². The number of anilines is 1. The van der Waals surface area contributed by atoms with Gasteiger partial charge in [-0.15, -0.1) is 0 Å². The summed E-state index contributed by atoms with van der Waals surface area (Å²) >= 11 is 0. The highest BCUT2D eigenvalue weighted by Gasteiger charge is 2.75. The number of nitriles is 1. The SMILES string of the molecule is C=C(C(=O)Nc1cc2cc([C@@]3(C#N)CC34CC4)ccc2cn1)c1cnn(C)c1. The first-order chi connectivity index (χ1) is 13.5. The predicted molar refractivity (Wildman–Crippen MR) is 106 cm³/mol. The van der Waals surface area contributed by atoms with Gasteiger partial charge in [-0.1, -0.05) is 18.7 Å². The van der Waals surface area contributed by atoms with Crippen molar-refractivity contribution in [1.29, 1.82) is 5.26 Å². The number of aryl methyl sites for hydroxylation is 1. The maximum atomic E-state index is 12.5. The van der Waals surface area contributed by atoms with Gasteiger partial charge in [0.1, 0.15) is 5.82 Å². The highest BCUT2D eigenvalue weighted by molar-refractivity contribution is 6.24. The second-order valence-electron chi connectivity index (χ2n) is 7.94. The minimum atomic E-state index is -0.331. The van der Waals surface area contributed by atoms with Gasteiger partial charge < -0.3 is 5.32 Å². The van der Waals surface area contributed by atoms with Crippen LogP contribution in [0.25, 0.3) is 16.3 Å². The quantitative estimate of drug-likeness (QED) is 0.713. The minimum absolute atomic E-state index is 0.223. The maximum Gasteiger partial charge on any atom is 0.256 e. The van der Waals surface area contributed by atoms with Gasteiger partial charge in [-0.3, -0.25) is 9.48 Å². The van der Waals surface area contributed by atoms with E-state index in [-0.39, 0.29) is 16.7 Å². The number of hydrogen-bond donors (Lipinski definition) is 1. The zero-order valence-electron chi connectivity index (χ0n) is 15.6. The molecule has 6 heteroatoms. The molecular formula is C22H19N5O. The second-order valence-corrected chi connectivity index (χ2v) is 7.94. The van der Waals surface area contributed by atoms with Crippen molar-refractivity contribution in [1.82, 2.24) is 14.8 Å². The van der Waals surface area contributed by atoms with Gasteiger partial charge in [0.25, 0.3) is 5.91 Å². The van der Waals surface area contributed by atoms with Crippen LogP contribution in [0.5, 0.6) is 0 Å². The third kappa shape index (κ3) is 2.36. The lowest BCUT2D eigenvalue weighted by atomic mass is 9.92. The van der Waals surface area contributed by atoms with Gasteiger partial charge in [0.2, 0.25) is 0 Å². The summed E-state index contributed by atoms with van der Waals surface area (Å²) < 4.78 is 1.62. The smallest absolute Gasteiger partial charge is 0.256 e. The second kappa shape index (κ2) is 5.52. The first-order valence-corrected chi connectivity index (χ1v) is 9.27. The molecule has 2 saturated carbocycles. The molecule has 3 aromatic rings. The molecule has 1 atom stereocenters. The summed E-state index contributed by atoms with van der Waals surface area (Å²) in [5, 5.41) is 18.6. The lowest BCUT2D eigenvalue weighted by Gasteiger charge is -2.11. The Morgan fingerprint density at radius 1 is 1.29 bits per heavy atom. The van der Waals surface area contributed by atoms with Gasteiger partial charge in [0.15, 0.2) is 0 Å². The molecule has 0 saturated heterocycles. The standard InChI is InChI=1S/C22H19N5O/c1-14(17-10-25-27(2)11-17)20(28)26-19-8-16-7-18(4-3-15(16)9-24-19)22(13-23)12-21(22)5-6-21/h3-4,7-11H,1,5-6,12H2,2H3,(H,24,26,28)/t22-/m0/s1. The average Bonchev–Trinajstić information content (AvgIpc) is 3.57. The van der Waals surface area contributed by atoms with Crippen LogP contribution >= 0.6 is 0 Å². The molecule has 1 amide bonds. The number of nitrogens with zero attached hydrogens (tertiary/aromatic N) is 4. The summed E-state index contributed by atoms with van der Waals surface area (Å²) in [6, 6.07) is 10.5. The van der Waals surface area contributed by atoms with Crippen LogP contribution in [0.15, 0.2) is 49.4 Å². The van der Waals surface area contributed by atoms with Crippen LogP contribution in [0.2, 0.25) is 0 Å². The van der Waals surface area contributed by atoms with Crippen LogP contribution in [0.4, 0.5) is 5.82 Å². The highest BCUT2D eigenvalue weighted by Crippen LogP contribution is 2.78. The van der Waals surface area contributed by atoms with E-state index in [1.807, 2.05) is 18.2 Å². The van der Waals surface area contributed by atoms with Crippen molar-refractivity contribution in [3.63, 3.8) is 0 Å². The number of amides is 1. The van der Waals surface area contributed by atoms with Crippen molar-refractivity contribution >= 4 is 28.1 Å². The number of rotatable bonds is 4. The van der Waals surface area contributed by atoms with Crippen LogP contribution in [0.1, 0.15) is 30.4 Å². The van der Waals surface area contributed by atoms with Crippen molar-refractivity contribution in [2.75, 3.05) is 5.32 Å². The molecule has 0 radical (unpaired) electrons. The van der Waals surface area contributed by atoms with Gasteiger partial charge in [-0.25, -0.2) is 4.98 Å². The number of hydrogen-bond acceptors (Lipinski definition) is 4. The Morgan fingerprint density at radius 3 is 2.75 bits per heavy atom. The largest absolute Gasteiger partial charge is 0.307 e. The van der Waals surface area contributed by atoms with Crippen LogP contribution in [-0.4, -0.2) is 20.7 Å². The fourth-order valence-electron chi connectivity index (χ4n) is 4.22. The minimum Gasteiger partial charge on any atom is -0.307 e. The lowest BCUT2D eigenvalue weighted by Crippen LogP contribution is -2.13. The number of benzene rings is 1. The van der Waals surface area contributed by atoms with Gasteiger partial charge in [-0.2, -0.15) is 10.4 Å². The summed E-state index contributed by atoms with van der Waals surface area (Å²) in [5.41, 5.74) is 1.97. The first kappa shape index (κ1) is 16.7. The molecule has 2 fully saturated rings. The summed E-state index contributed by atoms with van der Waals surface area (Å²) in [4.78, 5) is 16.8. The zero-order valence-corrected chi connectivity index (χ0v) is 15.6. The van der Waals surface area contributed by atoms with Crippen LogP contribution < -0.4 is 5.32 Å². The molecule has 0 unspecified atom stereocenters. The molecule has 138 valence electrons. The van der Waals surface area contributed by atoms with Crippen molar-refractivity contribution in [2.45, 2.75) is 24.7 Å². The number of pyridine rings is 1. The Morgan fingerprint density at radius 2 is 2.11 bits per heavy atom. The number of carbonyl (C=O) groups is 1. The fraction of sp³-hybridized carbons (Fsp3) is 0.273. The van der Waals surface area contributed by atoms with Crippen molar-refractivity contribution in [2.24, 2.45) is 12.5 Å². The summed E-state index contributed by atoms with van der Waals surface area (Å²) in [6.07, 6.45) is 8.33. The van der Waals surface area contributed by atoms with E-state index in [1.54, 1.807) is 30.3 Å². The highest BCUT2D eigenvalue weighted by atomic mass is 16.1. The van der Waals surface area contributed by atoms with Crippen molar-refractivity contribution < 1.29 is 4.79 Å². The Hall–Kier alpha value is -3.46. The number of nitrogens with one attached hydrogen (secondary N) is 1. The summed E-state index contributed by atoms with van der Waals surface area (Å²) in [5.74, 6) is 0.145. The molecule has 2 aromatic heterocycles. The monoisotopic (exact) mass is 369 g/mol. The van der Waals surface area contributed by atoms with E-state index in [4.69, 9.17) is 0 Å². The number of aromatic nitrogens is 3. The van der Waals surface area contributed by atoms with E-state index in [0.29, 0.717) is 17.0 Å². The van der Waals surface area contributed by atoms with Crippen LogP contribution in [0, 0.1) is 16.7 Å². The average molecular weight is 369 g/mol. The molecule has 2 aliphatic rings. The first-order valence-electron chi connectivity index (χ1n) is 9.27. The van der Waals surface area contributed by atoms with E-state index in [2.05, 4.69) is 34.1 Å². The molecule has 1 N–H and O–H groups in total. The van der Waals surface area contributed by atoms with Crippen molar-refractivity contribution in [3.8, 4) is 6.07 Å². The van der Waals surface area contributed by atoms with Crippen LogP contribution in [0.3, 0.4) is 0 Å². The third-order valence-electron chi connectivity index (χ3n) is 6.21. The van der Waals surface area contributed by atoms with E-state index in [0.717, 1.165) is 35.6 Å². The Bertz CT molecular complexity index is 1200. The molecule has 5 rings (SSSR count). The summed E-state index contributed by atoms with van der Waals surface area (Å²) in [6.45, 7) is 3.86. The van der Waals surface area contributed by atoms with E-state index < -0.39 is 0 Å². The Balaban J connectivity index is 1.42. The number of fused-ring (bicyclic) bond motifs is 1. The van der Waals surface area contributed by atoms with Gasteiger partial charge in [0, 0.05) is 36.0 Å². The van der Waals surface area contributed by atoms with E-state index in [1.165, 1.54) is 0 Å². The van der Waals surface area contributed by atoms with E-state index >= 15 is 0 Å². The van der Waals surface area contributed by atoms with Gasteiger partial charge in [-0.05, 0) is 47.8 Å². The van der Waals surface area contributed by atoms with Gasteiger partial charge in [0.05, 0.1) is 17.7 Å². The van der Waals surface area contributed by atoms with Crippen molar-refractivity contribution in [3.05, 3.63) is 60.6 Å². The topological polar surface area (TPSA) is 83.6 Å². The van der Waals surface area contributed by atoms with E-state index in [9.17, 15) is 10.1 Å². The molecule has 1 spiro atoms. The summed E-state index contributed by atoms with van der Waals surface area (Å²) in [7, 11) is 1.79. The predicted octanol–water partition coefficient (Wildman–Crippen LogP) is 3.57. The molecule has 0 aliphatic heterocycles. The molecule has 1 aromatic carbocycles. The molecule has 2 aliphatic carbocycles. The molecule has 2 heterocycles. The molecule has 0 bridgehead atoms.